The van der Waals surface area contributed by atoms with Crippen molar-refractivity contribution in [3.05, 3.63) is 42.5 Å². The van der Waals surface area contributed by atoms with Gasteiger partial charge < -0.3 is 19.7 Å². The number of methoxy groups -OCH3 is 1. The number of halogens is 2. The molecule has 1 aliphatic heterocycles. The maximum absolute atomic E-state index is 13.0. The molecule has 0 aromatic heterocycles. The average molecular weight is 427 g/mol. The lowest BCUT2D eigenvalue weighted by atomic mass is 10.2. The lowest BCUT2D eigenvalue weighted by Gasteiger charge is -2.31. The highest BCUT2D eigenvalue weighted by molar-refractivity contribution is 7.92. The number of nitrogens with zero attached hydrogens (tertiary/aromatic N) is 2. The molecule has 0 spiro atoms. The number of hydrogen-bond donors (Lipinski definition) is 1. The Bertz CT molecular complexity index is 950. The van der Waals surface area contributed by atoms with Crippen LogP contribution in [0.25, 0.3) is 0 Å². The molecule has 1 heterocycles. The summed E-state index contributed by atoms with van der Waals surface area (Å²) in [5.74, 6) is 0.430. The molecule has 0 bridgehead atoms. The predicted octanol–water partition coefficient (Wildman–Crippen LogP) is 2.53. The van der Waals surface area contributed by atoms with Crippen molar-refractivity contribution < 1.29 is 26.7 Å². The van der Waals surface area contributed by atoms with E-state index in [0.717, 1.165) is 42.2 Å². The van der Waals surface area contributed by atoms with Crippen LogP contribution < -0.4 is 24.0 Å². The fourth-order valence-corrected chi connectivity index (χ4v) is 4.36. The van der Waals surface area contributed by atoms with Gasteiger partial charge in [0.2, 0.25) is 0 Å². The first-order valence-electron chi connectivity index (χ1n) is 9.00. The third-order valence-electron chi connectivity index (χ3n) is 4.67. The summed E-state index contributed by atoms with van der Waals surface area (Å²) in [6.07, 6.45) is 0. The molecule has 1 aliphatic rings. The number of sulfonamides is 1. The van der Waals surface area contributed by atoms with Gasteiger partial charge in [-0.3, -0.25) is 4.31 Å². The van der Waals surface area contributed by atoms with Gasteiger partial charge in [-0.05, 0) is 30.3 Å². The number of nitrogens with one attached hydrogen (secondary N) is 1. The van der Waals surface area contributed by atoms with Crippen molar-refractivity contribution in [2.24, 2.45) is 0 Å². The maximum Gasteiger partial charge on any atom is 0.387 e. The van der Waals surface area contributed by atoms with Crippen LogP contribution >= 0.6 is 0 Å². The van der Waals surface area contributed by atoms with Crippen molar-refractivity contribution in [3.8, 4) is 11.5 Å². The Labute approximate surface area is 168 Å². The third-order valence-corrected chi connectivity index (χ3v) is 6.45. The van der Waals surface area contributed by atoms with Crippen molar-refractivity contribution in [1.82, 2.24) is 5.32 Å². The van der Waals surface area contributed by atoms with Gasteiger partial charge in [0.15, 0.2) is 0 Å². The molecule has 158 valence electrons. The second-order valence-electron chi connectivity index (χ2n) is 6.42. The number of ether oxygens (including phenoxy) is 2. The normalized spacial score (nSPS) is 14.7. The molecule has 7 nitrogen and oxygen atoms in total. The fraction of sp³-hybridized carbons (Fsp3) is 0.368. The second-order valence-corrected chi connectivity index (χ2v) is 8.39. The molecule has 1 saturated heterocycles. The number of rotatable bonds is 7. The predicted molar refractivity (Wildman–Crippen MR) is 107 cm³/mol. The summed E-state index contributed by atoms with van der Waals surface area (Å²) in [6.45, 7) is 0.137. The van der Waals surface area contributed by atoms with Crippen molar-refractivity contribution >= 4 is 21.4 Å². The Morgan fingerprint density at radius 3 is 2.52 bits per heavy atom. The van der Waals surface area contributed by atoms with Crippen LogP contribution in [0.1, 0.15) is 0 Å². The molecule has 1 N–H and O–H groups in total. The summed E-state index contributed by atoms with van der Waals surface area (Å²) in [5, 5.41) is 3.27. The minimum Gasteiger partial charge on any atom is -0.495 e. The van der Waals surface area contributed by atoms with Gasteiger partial charge in [0.05, 0.1) is 23.4 Å². The Hall–Kier alpha value is -2.59. The number of benzene rings is 2. The molecule has 3 rings (SSSR count). The van der Waals surface area contributed by atoms with Gasteiger partial charge in [-0.15, -0.1) is 0 Å². The summed E-state index contributed by atoms with van der Waals surface area (Å²) < 4.78 is 61.9. The fourth-order valence-electron chi connectivity index (χ4n) is 3.13. The topological polar surface area (TPSA) is 71.1 Å². The van der Waals surface area contributed by atoms with E-state index in [2.05, 4.69) is 15.0 Å². The van der Waals surface area contributed by atoms with Crippen LogP contribution in [-0.4, -0.2) is 55.4 Å². The van der Waals surface area contributed by atoms with Crippen LogP contribution in [0.15, 0.2) is 47.4 Å². The molecule has 2 aromatic rings. The van der Waals surface area contributed by atoms with E-state index in [1.54, 1.807) is 25.3 Å². The minimum atomic E-state index is -3.98. The highest BCUT2D eigenvalue weighted by atomic mass is 32.2. The molecule has 0 aliphatic carbocycles. The van der Waals surface area contributed by atoms with E-state index in [-0.39, 0.29) is 10.6 Å². The average Bonchev–Trinajstić information content (AvgIpc) is 2.73. The first-order chi connectivity index (χ1) is 13.8. The molecular weight excluding hydrogens is 404 g/mol. The van der Waals surface area contributed by atoms with Crippen molar-refractivity contribution in [1.29, 1.82) is 0 Å². The van der Waals surface area contributed by atoms with Crippen molar-refractivity contribution in [3.63, 3.8) is 0 Å². The largest absolute Gasteiger partial charge is 0.495 e. The lowest BCUT2D eigenvalue weighted by Crippen LogP contribution is -2.43. The molecule has 0 radical (unpaired) electrons. The number of hydrogen-bond acceptors (Lipinski definition) is 6. The van der Waals surface area contributed by atoms with Gasteiger partial charge in [-0.2, -0.15) is 8.78 Å². The van der Waals surface area contributed by atoms with Gasteiger partial charge in [0.1, 0.15) is 11.5 Å². The molecule has 29 heavy (non-hydrogen) atoms. The zero-order valence-corrected chi connectivity index (χ0v) is 17.0. The molecule has 10 heteroatoms. The van der Waals surface area contributed by atoms with E-state index in [9.17, 15) is 17.2 Å². The van der Waals surface area contributed by atoms with Crippen molar-refractivity contribution in [2.45, 2.75) is 11.5 Å². The molecular formula is C19H23F2N3O4S. The van der Waals surface area contributed by atoms with Crippen LogP contribution in [0, 0.1) is 0 Å². The zero-order valence-electron chi connectivity index (χ0n) is 16.1. The van der Waals surface area contributed by atoms with Crippen LogP contribution in [-0.2, 0) is 10.0 Å². The van der Waals surface area contributed by atoms with Crippen LogP contribution in [0.5, 0.6) is 11.5 Å². The van der Waals surface area contributed by atoms with E-state index < -0.39 is 16.6 Å². The lowest BCUT2D eigenvalue weighted by molar-refractivity contribution is -0.0499. The minimum absolute atomic E-state index is 0.141. The Balaban J connectivity index is 1.93. The highest BCUT2D eigenvalue weighted by Crippen LogP contribution is 2.34. The molecule has 2 aromatic carbocycles. The summed E-state index contributed by atoms with van der Waals surface area (Å²) in [6, 6.07) is 10.2. The van der Waals surface area contributed by atoms with Crippen LogP contribution in [0.3, 0.4) is 0 Å². The van der Waals surface area contributed by atoms with E-state index in [0.29, 0.717) is 11.4 Å². The van der Waals surface area contributed by atoms with E-state index in [1.165, 1.54) is 25.2 Å². The van der Waals surface area contributed by atoms with Gasteiger partial charge in [0.25, 0.3) is 10.0 Å². The maximum atomic E-state index is 13.0. The van der Waals surface area contributed by atoms with Gasteiger partial charge in [-0.1, -0.05) is 6.07 Å². The molecule has 0 amide bonds. The third kappa shape index (κ3) is 4.70. The van der Waals surface area contributed by atoms with E-state index >= 15 is 0 Å². The SMILES string of the molecule is COc1ccc(N(C)S(=O)(=O)c2cccc(OC(F)F)c2)cc1N1CCNCC1. The number of anilines is 2. The first kappa shape index (κ1) is 21.1. The molecule has 0 saturated carbocycles. The number of piperazine rings is 1. The monoisotopic (exact) mass is 427 g/mol. The summed E-state index contributed by atoms with van der Waals surface area (Å²) in [7, 11) is -0.999. The molecule has 1 fully saturated rings. The zero-order chi connectivity index (χ0) is 21.0. The Morgan fingerprint density at radius 2 is 1.86 bits per heavy atom. The van der Waals surface area contributed by atoms with E-state index in [4.69, 9.17) is 4.74 Å². The van der Waals surface area contributed by atoms with Crippen LogP contribution in [0.4, 0.5) is 20.2 Å². The highest BCUT2D eigenvalue weighted by Gasteiger charge is 2.24. The van der Waals surface area contributed by atoms with E-state index in [1.807, 2.05) is 0 Å². The molecule has 0 unspecified atom stereocenters. The van der Waals surface area contributed by atoms with Crippen LogP contribution in [0.2, 0.25) is 0 Å². The van der Waals surface area contributed by atoms with Gasteiger partial charge in [0, 0.05) is 39.3 Å². The summed E-state index contributed by atoms with van der Waals surface area (Å²) in [5.41, 5.74) is 1.22. The standard InChI is InChI=1S/C19H23F2N3O4S/c1-23(29(25,26)16-5-3-4-15(13-16)28-19(20)21)14-6-7-18(27-2)17(12-14)24-10-8-22-9-11-24/h3-7,12-13,19,22H,8-11H2,1-2H3. The Kier molecular flexibility index (Phi) is 6.43. The second kappa shape index (κ2) is 8.83. The Morgan fingerprint density at radius 1 is 1.14 bits per heavy atom. The summed E-state index contributed by atoms with van der Waals surface area (Å²) in [4.78, 5) is 1.98. The van der Waals surface area contributed by atoms with Gasteiger partial charge in [-0.25, -0.2) is 8.42 Å². The van der Waals surface area contributed by atoms with Gasteiger partial charge >= 0.3 is 6.61 Å². The number of alkyl halides is 2. The van der Waals surface area contributed by atoms with Crippen molar-refractivity contribution in [2.75, 3.05) is 49.5 Å². The first-order valence-corrected chi connectivity index (χ1v) is 10.4. The quantitative estimate of drug-likeness (QED) is 0.732. The summed E-state index contributed by atoms with van der Waals surface area (Å²) >= 11 is 0. The molecule has 0 atom stereocenters. The smallest absolute Gasteiger partial charge is 0.387 e.